The maximum Gasteiger partial charge on any atom is 0.410 e. The number of primary sulfonamides is 1. The zero-order chi connectivity index (χ0) is 72.5. The number of hydrogen-bond donors (Lipinski definition) is 3. The molecule has 2 unspecified atom stereocenters. The fraction of sp³-hybridized carbons (Fsp3) is 0.571. The van der Waals surface area contributed by atoms with Crippen LogP contribution in [-0.2, 0) is 42.4 Å². The monoisotopic (exact) mass is 1450 g/mol. The number of nitrogens with two attached hydrogens (primary N) is 1. The van der Waals surface area contributed by atoms with Gasteiger partial charge in [0.05, 0.1) is 24.3 Å². The number of unbranched alkanes of at least 4 members (excludes halogenated alkanes) is 2. The van der Waals surface area contributed by atoms with Crippen LogP contribution in [-0.4, -0.2) is 144 Å². The van der Waals surface area contributed by atoms with Crippen molar-refractivity contribution < 1.29 is 60.1 Å². The Morgan fingerprint density at radius 1 is 0.586 bits per heavy atom. The average molecular weight is 1450 g/mol. The Morgan fingerprint density at radius 2 is 1.00 bits per heavy atom. The minimum Gasteiger partial charge on any atom is -0.478 e. The van der Waals surface area contributed by atoms with Crippen LogP contribution in [0.5, 0.6) is 11.8 Å². The third-order valence-electron chi connectivity index (χ3n) is 18.0. The summed E-state index contributed by atoms with van der Waals surface area (Å²) in [4.78, 5) is 69.5. The SMILES string of the molecule is CC(C)(C)OC(=O)N1CC(CCCCc2cccc(S(N)(=O)=O)n2)CC1(C)C.CC1(CCOc2ccn(-c3ccc(C(=O)NS(=O)(=O)c4cccc(CCCCC5CN(C(=O)OC(C)(C)C)C(C)(C)C5)n4)c(Cl)n3)n2)CC1.CC1(CCOc2ccn(-c3ccc(C(=O)O)c(Cl)n3)n2)CC1. The zero-order valence-corrected chi connectivity index (χ0v) is 62.0. The summed E-state index contributed by atoms with van der Waals surface area (Å²) in [6.45, 7) is 26.6. The van der Waals surface area contributed by atoms with E-state index in [1.807, 2.05) is 57.4 Å². The molecule has 0 bridgehead atoms. The van der Waals surface area contributed by atoms with E-state index in [0.29, 0.717) is 90.9 Å². The molecule has 2 saturated carbocycles. The Morgan fingerprint density at radius 3 is 1.39 bits per heavy atom. The van der Waals surface area contributed by atoms with Crippen molar-refractivity contribution in [2.24, 2.45) is 27.8 Å². The highest BCUT2D eigenvalue weighted by Gasteiger charge is 2.44. The van der Waals surface area contributed by atoms with Crippen molar-refractivity contribution in [1.29, 1.82) is 0 Å². The molecule has 8 heterocycles. The number of amides is 3. The summed E-state index contributed by atoms with van der Waals surface area (Å²) in [7, 11) is -8.06. The molecule has 0 spiro atoms. The fourth-order valence-corrected chi connectivity index (χ4v) is 13.8. The molecule has 29 heteroatoms. The summed E-state index contributed by atoms with van der Waals surface area (Å²) in [6, 6.07) is 19.0. The van der Waals surface area contributed by atoms with Gasteiger partial charge in [0.2, 0.25) is 11.8 Å². The summed E-state index contributed by atoms with van der Waals surface area (Å²) in [6.07, 6.45) is 18.4. The average Bonchev–Trinajstić information content (AvgIpc) is 1.77. The smallest absolute Gasteiger partial charge is 0.410 e. The highest BCUT2D eigenvalue weighted by molar-refractivity contribution is 7.90. The van der Waals surface area contributed by atoms with Crippen LogP contribution in [0.25, 0.3) is 11.6 Å². The van der Waals surface area contributed by atoms with E-state index in [0.717, 1.165) is 69.9 Å². The number of halogens is 2. The van der Waals surface area contributed by atoms with Crippen LogP contribution >= 0.6 is 23.2 Å². The zero-order valence-electron chi connectivity index (χ0n) is 58.8. The highest BCUT2D eigenvalue weighted by Crippen LogP contribution is 2.49. The van der Waals surface area contributed by atoms with Crippen LogP contribution in [0.1, 0.15) is 205 Å². The second-order valence-electron chi connectivity index (χ2n) is 30.2. The first-order valence-corrected chi connectivity index (χ1v) is 37.4. The first-order chi connectivity index (χ1) is 46.2. The number of sulfonamides is 2. The molecule has 25 nitrogen and oxygen atoms in total. The number of nitrogens with one attached hydrogen (secondary N) is 1. The van der Waals surface area contributed by atoms with Gasteiger partial charge in [0, 0.05) is 60.1 Å². The lowest BCUT2D eigenvalue weighted by Crippen LogP contribution is -2.45. The molecule has 2 aliphatic carbocycles. The molecule has 6 aromatic rings. The second kappa shape index (κ2) is 31.6. The molecule has 4 N–H and O–H groups in total. The Bertz CT molecular complexity index is 4070. The third-order valence-corrected chi connectivity index (χ3v) is 20.6. The minimum atomic E-state index is -4.29. The van der Waals surface area contributed by atoms with Gasteiger partial charge in [-0.2, -0.15) is 8.42 Å². The van der Waals surface area contributed by atoms with Crippen molar-refractivity contribution >= 4 is 67.3 Å². The van der Waals surface area contributed by atoms with Crippen molar-refractivity contribution in [3.63, 3.8) is 0 Å². The van der Waals surface area contributed by atoms with Gasteiger partial charge < -0.3 is 33.9 Å². The largest absolute Gasteiger partial charge is 0.478 e. The molecule has 0 radical (unpaired) electrons. The van der Waals surface area contributed by atoms with Gasteiger partial charge in [-0.05, 0) is 230 Å². The molecule has 4 fully saturated rings. The summed E-state index contributed by atoms with van der Waals surface area (Å²) in [5, 5.41) is 22.1. The number of carbonyl (C=O) groups excluding carboxylic acids is 3. The Labute approximate surface area is 591 Å². The quantitative estimate of drug-likeness (QED) is 0.0354. The lowest BCUT2D eigenvalue weighted by molar-refractivity contribution is 0.0118. The van der Waals surface area contributed by atoms with Crippen molar-refractivity contribution in [2.75, 3.05) is 26.3 Å². The van der Waals surface area contributed by atoms with Gasteiger partial charge in [-0.15, -0.1) is 10.2 Å². The number of carboxylic acids is 1. The van der Waals surface area contributed by atoms with Crippen LogP contribution in [0.4, 0.5) is 9.59 Å². The molecule has 2 atom stereocenters. The second-order valence-corrected chi connectivity index (χ2v) is 34.0. The summed E-state index contributed by atoms with van der Waals surface area (Å²) in [5.41, 5.74) is 0.486. The van der Waals surface area contributed by atoms with Gasteiger partial charge in [-0.25, -0.2) is 62.0 Å². The van der Waals surface area contributed by atoms with Crippen LogP contribution in [0, 0.1) is 22.7 Å². The van der Waals surface area contributed by atoms with Crippen LogP contribution < -0.4 is 19.3 Å². The summed E-state index contributed by atoms with van der Waals surface area (Å²) < 4.78 is 76.6. The van der Waals surface area contributed by atoms with E-state index in [1.54, 1.807) is 48.8 Å². The van der Waals surface area contributed by atoms with Gasteiger partial charge in [-0.1, -0.05) is 62.0 Å². The lowest BCUT2D eigenvalue weighted by Gasteiger charge is -2.33. The van der Waals surface area contributed by atoms with E-state index in [-0.39, 0.29) is 54.7 Å². The highest BCUT2D eigenvalue weighted by atomic mass is 35.5. The van der Waals surface area contributed by atoms with Crippen molar-refractivity contribution in [3.8, 4) is 23.4 Å². The Kier molecular flexibility index (Phi) is 24.7. The Balaban J connectivity index is 0.000000210. The van der Waals surface area contributed by atoms with E-state index in [1.165, 1.54) is 65.4 Å². The molecule has 3 amide bonds. The van der Waals surface area contributed by atoms with Gasteiger partial charge >= 0.3 is 18.2 Å². The first-order valence-electron chi connectivity index (χ1n) is 33.6. The van der Waals surface area contributed by atoms with Crippen molar-refractivity contribution in [3.05, 3.63) is 118 Å². The van der Waals surface area contributed by atoms with Gasteiger partial charge in [-0.3, -0.25) is 4.79 Å². The maximum atomic E-state index is 13.1. The predicted octanol–water partition coefficient (Wildman–Crippen LogP) is 13.4. The van der Waals surface area contributed by atoms with E-state index < -0.39 is 43.1 Å². The number of hydrogen-bond acceptors (Lipinski definition) is 18. The molecule has 6 aromatic heterocycles. The number of ether oxygens (including phenoxy) is 4. The van der Waals surface area contributed by atoms with Crippen LogP contribution in [0.3, 0.4) is 0 Å². The van der Waals surface area contributed by atoms with E-state index in [2.05, 4.69) is 76.4 Å². The molecule has 0 aromatic carbocycles. The van der Waals surface area contributed by atoms with Gasteiger partial charge in [0.15, 0.2) is 21.7 Å². The standard InChI is InChI=1S/C35H47ClN6O6S.C20H33N3O4S.C15H16ClN3O3/c1-33(2,3)48-32(44)41-23-24(22-34(41,4)5)10-7-8-11-25-12-9-13-29(37-25)49(45,46)40-31(43)26-14-15-27(38-30(26)36)42-20-16-28(39-42)47-21-19-35(6)17-18-35;1-19(2,3)27-18(24)23-14-15(13-20(23,4)5)9-6-7-10-16-11-8-12-17(22-16)28(21,25)26;1-15(5-6-15)7-9-22-12-4-8-19(18-12)11-3-2-10(14(20)21)13(16)17-11/h9,12-16,20,24H,7-8,10-11,17-19,21-23H2,1-6H3,(H,40,43);8,11-12,15H,6-7,9-10,13-14H2,1-5H3,(H2,21,25,26);2-4,8H,5-7,9H2,1H3,(H,20,21). The van der Waals surface area contributed by atoms with E-state index >= 15 is 0 Å². The number of aromatic carboxylic acids is 1. The van der Waals surface area contributed by atoms with Crippen LogP contribution in [0.15, 0.2) is 95.2 Å². The van der Waals surface area contributed by atoms with Gasteiger partial charge in [0.1, 0.15) is 21.5 Å². The lowest BCUT2D eigenvalue weighted by atomic mass is 9.92. The van der Waals surface area contributed by atoms with Crippen molar-refractivity contribution in [1.82, 2.24) is 54.0 Å². The molecule has 2 aliphatic heterocycles. The molecule has 2 saturated heterocycles. The third kappa shape index (κ3) is 23.0. The summed E-state index contributed by atoms with van der Waals surface area (Å²) >= 11 is 12.2. The number of nitrogens with zero attached hydrogens (tertiary/aromatic N) is 10. The minimum absolute atomic E-state index is 0.0354. The number of aromatic nitrogens is 8. The number of carboxylic acid groups (broad SMARTS) is 1. The molecular formula is C70H96Cl2N12O13S2. The van der Waals surface area contributed by atoms with E-state index in [4.69, 9.17) is 52.4 Å². The first kappa shape index (κ1) is 77.3. The topological polar surface area (TPSA) is 325 Å². The van der Waals surface area contributed by atoms with E-state index in [9.17, 15) is 36.0 Å². The normalized spacial score (nSPS) is 18.1. The molecule has 99 heavy (non-hydrogen) atoms. The number of likely N-dealkylation sites (tertiary alicyclic amines) is 2. The van der Waals surface area contributed by atoms with Crippen LogP contribution in [0.2, 0.25) is 10.3 Å². The van der Waals surface area contributed by atoms with Gasteiger partial charge in [0.25, 0.3) is 26.0 Å². The van der Waals surface area contributed by atoms with Crippen molar-refractivity contribution in [2.45, 2.75) is 218 Å². The molecule has 4 aliphatic rings. The number of pyridine rings is 4. The predicted molar refractivity (Wildman–Crippen MR) is 374 cm³/mol. The maximum absolute atomic E-state index is 13.1. The number of rotatable bonds is 25. The fourth-order valence-electron chi connectivity index (χ4n) is 11.8. The summed E-state index contributed by atoms with van der Waals surface area (Å²) in [5.74, 6) is 0.518. The number of aryl methyl sites for hydroxylation is 2. The molecular weight excluding hydrogens is 1350 g/mol. The molecule has 10 rings (SSSR count). The number of carbonyl (C=O) groups is 4. The molecule has 540 valence electrons. The Hall–Kier alpha value is -7.46.